The molecule has 1 saturated carbocycles. The Labute approximate surface area is 172 Å². The Bertz CT molecular complexity index is 963. The maximum absolute atomic E-state index is 4.52. The first-order valence-electron chi connectivity index (χ1n) is 10.8. The number of rotatable bonds is 4. The van der Waals surface area contributed by atoms with Crippen molar-refractivity contribution in [3.8, 4) is 11.3 Å². The highest BCUT2D eigenvalue weighted by atomic mass is 15.3. The highest BCUT2D eigenvalue weighted by molar-refractivity contribution is 5.62. The number of nitrogens with zero attached hydrogens (tertiary/aromatic N) is 5. The van der Waals surface area contributed by atoms with Crippen molar-refractivity contribution in [3.63, 3.8) is 0 Å². The molecule has 1 aromatic carbocycles. The monoisotopic (exact) mass is 390 g/mol. The SMILES string of the molecule is Cc1ccc(-c2[nH]ncc2CN2CC(c3nncn3C)C3(CCCCC3)C2)cc1. The first-order valence-corrected chi connectivity index (χ1v) is 10.8. The molecule has 2 aromatic heterocycles. The van der Waals surface area contributed by atoms with Crippen LogP contribution >= 0.6 is 0 Å². The summed E-state index contributed by atoms with van der Waals surface area (Å²) in [4.78, 5) is 2.62. The minimum atomic E-state index is 0.340. The lowest BCUT2D eigenvalue weighted by Crippen LogP contribution is -2.33. The van der Waals surface area contributed by atoms with Crippen molar-refractivity contribution in [3.05, 3.63) is 53.7 Å². The molecule has 2 aliphatic rings. The number of aromatic nitrogens is 5. The number of benzene rings is 1. The predicted octanol–water partition coefficient (Wildman–Crippen LogP) is 4.06. The van der Waals surface area contributed by atoms with Crippen molar-refractivity contribution < 1.29 is 0 Å². The maximum atomic E-state index is 4.52. The van der Waals surface area contributed by atoms with Crippen LogP contribution in [-0.4, -0.2) is 43.0 Å². The summed E-state index contributed by atoms with van der Waals surface area (Å²) in [5.74, 6) is 1.62. The highest BCUT2D eigenvalue weighted by Crippen LogP contribution is 2.51. The number of H-pyrrole nitrogens is 1. The molecule has 29 heavy (non-hydrogen) atoms. The van der Waals surface area contributed by atoms with Crippen LogP contribution in [0.4, 0.5) is 0 Å². The molecule has 0 bridgehead atoms. The summed E-state index contributed by atoms with van der Waals surface area (Å²) < 4.78 is 2.13. The first kappa shape index (κ1) is 18.6. The molecule has 3 heterocycles. The molecule has 3 aromatic rings. The van der Waals surface area contributed by atoms with E-state index in [2.05, 4.69) is 68.1 Å². The fourth-order valence-corrected chi connectivity index (χ4v) is 5.56. The van der Waals surface area contributed by atoms with E-state index in [-0.39, 0.29) is 0 Å². The van der Waals surface area contributed by atoms with Crippen LogP contribution < -0.4 is 0 Å². The molecule has 0 amide bonds. The van der Waals surface area contributed by atoms with Gasteiger partial charge in [-0.15, -0.1) is 10.2 Å². The lowest BCUT2D eigenvalue weighted by molar-refractivity contribution is 0.164. The molecule has 6 heteroatoms. The number of nitrogens with one attached hydrogen (secondary N) is 1. The zero-order valence-electron chi connectivity index (χ0n) is 17.4. The molecular formula is C23H30N6. The molecule has 1 aliphatic heterocycles. The number of aryl methyl sites for hydroxylation is 2. The molecule has 152 valence electrons. The van der Waals surface area contributed by atoms with Crippen molar-refractivity contribution in [1.82, 2.24) is 29.9 Å². The number of aromatic amines is 1. The van der Waals surface area contributed by atoms with E-state index in [1.807, 2.05) is 12.5 Å². The average Bonchev–Trinajstić information content (AvgIpc) is 3.43. The third-order valence-corrected chi connectivity index (χ3v) is 7.08. The van der Waals surface area contributed by atoms with Gasteiger partial charge in [-0.1, -0.05) is 49.1 Å². The van der Waals surface area contributed by atoms with Crippen LogP contribution in [0, 0.1) is 12.3 Å². The fraction of sp³-hybridized carbons (Fsp3) is 0.522. The van der Waals surface area contributed by atoms with Crippen LogP contribution in [0.2, 0.25) is 0 Å². The van der Waals surface area contributed by atoms with Gasteiger partial charge in [0.15, 0.2) is 0 Å². The van der Waals surface area contributed by atoms with E-state index in [1.165, 1.54) is 48.8 Å². The first-order chi connectivity index (χ1) is 14.1. The van der Waals surface area contributed by atoms with E-state index in [4.69, 9.17) is 0 Å². The smallest absolute Gasteiger partial charge is 0.137 e. The highest BCUT2D eigenvalue weighted by Gasteiger charge is 2.49. The fourth-order valence-electron chi connectivity index (χ4n) is 5.56. The summed E-state index contributed by atoms with van der Waals surface area (Å²) in [5.41, 5.74) is 5.25. The van der Waals surface area contributed by atoms with Crippen LogP contribution in [0.1, 0.15) is 55.0 Å². The van der Waals surface area contributed by atoms with Crippen LogP contribution in [0.15, 0.2) is 36.8 Å². The van der Waals surface area contributed by atoms with E-state index >= 15 is 0 Å². The van der Waals surface area contributed by atoms with E-state index in [0.717, 1.165) is 31.2 Å². The summed E-state index contributed by atoms with van der Waals surface area (Å²) in [5, 5.41) is 16.3. The second-order valence-corrected chi connectivity index (χ2v) is 9.08. The van der Waals surface area contributed by atoms with E-state index in [9.17, 15) is 0 Å². The molecule has 0 radical (unpaired) electrons. The van der Waals surface area contributed by atoms with Gasteiger partial charge in [0.05, 0.1) is 11.9 Å². The Kier molecular flexibility index (Phi) is 4.74. The summed E-state index contributed by atoms with van der Waals surface area (Å²) in [6.07, 6.45) is 10.5. The maximum Gasteiger partial charge on any atom is 0.137 e. The van der Waals surface area contributed by atoms with Crippen LogP contribution in [0.25, 0.3) is 11.3 Å². The molecule has 6 nitrogen and oxygen atoms in total. The van der Waals surface area contributed by atoms with Crippen molar-refractivity contribution in [2.24, 2.45) is 12.5 Å². The third-order valence-electron chi connectivity index (χ3n) is 7.08. The molecule has 1 saturated heterocycles. The Morgan fingerprint density at radius 3 is 2.66 bits per heavy atom. The molecule has 5 rings (SSSR count). The Hall–Kier alpha value is -2.47. The van der Waals surface area contributed by atoms with Gasteiger partial charge in [0.1, 0.15) is 12.2 Å². The quantitative estimate of drug-likeness (QED) is 0.730. The summed E-state index contributed by atoms with van der Waals surface area (Å²) in [6.45, 7) is 5.24. The van der Waals surface area contributed by atoms with E-state index in [0.29, 0.717) is 11.3 Å². The van der Waals surface area contributed by atoms with Gasteiger partial charge in [0, 0.05) is 38.2 Å². The van der Waals surface area contributed by atoms with E-state index in [1.54, 1.807) is 0 Å². The van der Waals surface area contributed by atoms with Gasteiger partial charge in [-0.3, -0.25) is 10.00 Å². The zero-order valence-corrected chi connectivity index (χ0v) is 17.4. The number of hydrogen-bond donors (Lipinski definition) is 1. The molecular weight excluding hydrogens is 360 g/mol. The normalized spacial score (nSPS) is 21.8. The van der Waals surface area contributed by atoms with Gasteiger partial charge in [0.25, 0.3) is 0 Å². The van der Waals surface area contributed by atoms with Crippen molar-refractivity contribution in [2.75, 3.05) is 13.1 Å². The topological polar surface area (TPSA) is 62.6 Å². The Morgan fingerprint density at radius 2 is 1.93 bits per heavy atom. The second kappa shape index (κ2) is 7.41. The third kappa shape index (κ3) is 3.39. The van der Waals surface area contributed by atoms with Crippen molar-refractivity contribution in [2.45, 2.75) is 51.5 Å². The summed E-state index contributed by atoms with van der Waals surface area (Å²) in [7, 11) is 2.08. The molecule has 1 unspecified atom stereocenters. The Balaban J connectivity index is 1.41. The minimum absolute atomic E-state index is 0.340. The summed E-state index contributed by atoms with van der Waals surface area (Å²) >= 11 is 0. The lowest BCUT2D eigenvalue weighted by atomic mass is 9.67. The van der Waals surface area contributed by atoms with Crippen LogP contribution in [0.5, 0.6) is 0 Å². The van der Waals surface area contributed by atoms with Gasteiger partial charge in [-0.25, -0.2) is 0 Å². The average molecular weight is 391 g/mol. The predicted molar refractivity (Wildman–Crippen MR) is 113 cm³/mol. The molecule has 1 atom stereocenters. The number of hydrogen-bond acceptors (Lipinski definition) is 4. The standard InChI is InChI=1S/C23H30N6/c1-17-6-8-18(9-7-17)21-19(12-24-26-21)13-29-14-20(22-27-25-16-28(22)2)23(15-29)10-4-3-5-11-23/h6-9,12,16,20H,3-5,10-11,13-15H2,1-2H3,(H,24,26). The lowest BCUT2D eigenvalue weighted by Gasteiger charge is -2.37. The van der Waals surface area contributed by atoms with Crippen LogP contribution in [-0.2, 0) is 13.6 Å². The molecule has 1 spiro atoms. The molecule has 2 fully saturated rings. The van der Waals surface area contributed by atoms with Crippen molar-refractivity contribution >= 4 is 0 Å². The minimum Gasteiger partial charge on any atom is -0.320 e. The Morgan fingerprint density at radius 1 is 1.14 bits per heavy atom. The largest absolute Gasteiger partial charge is 0.320 e. The van der Waals surface area contributed by atoms with Gasteiger partial charge >= 0.3 is 0 Å². The summed E-state index contributed by atoms with van der Waals surface area (Å²) in [6, 6.07) is 8.69. The van der Waals surface area contributed by atoms with Crippen LogP contribution in [0.3, 0.4) is 0 Å². The van der Waals surface area contributed by atoms with Crippen molar-refractivity contribution in [1.29, 1.82) is 0 Å². The molecule has 1 N–H and O–H groups in total. The van der Waals surface area contributed by atoms with Gasteiger partial charge in [-0.2, -0.15) is 5.10 Å². The van der Waals surface area contributed by atoms with Gasteiger partial charge in [0.2, 0.25) is 0 Å². The second-order valence-electron chi connectivity index (χ2n) is 9.08. The van der Waals surface area contributed by atoms with E-state index < -0.39 is 0 Å². The van der Waals surface area contributed by atoms with Gasteiger partial charge in [-0.05, 0) is 30.7 Å². The van der Waals surface area contributed by atoms with Gasteiger partial charge < -0.3 is 4.57 Å². The molecule has 1 aliphatic carbocycles. The zero-order chi connectivity index (χ0) is 19.8. The number of likely N-dealkylation sites (tertiary alicyclic amines) is 1.